The second kappa shape index (κ2) is 9.42. The third-order valence-corrected chi connectivity index (χ3v) is 5.56. The molecule has 3 aromatic rings. The number of anilines is 1. The summed E-state index contributed by atoms with van der Waals surface area (Å²) in [5.74, 6) is -0.943. The van der Waals surface area contributed by atoms with Gasteiger partial charge in [0, 0.05) is 10.0 Å². The van der Waals surface area contributed by atoms with Crippen LogP contribution in [0.2, 0.25) is 0 Å². The van der Waals surface area contributed by atoms with Crippen LogP contribution in [-0.4, -0.2) is 17.8 Å². The number of benzene rings is 3. The Labute approximate surface area is 200 Å². The summed E-state index contributed by atoms with van der Waals surface area (Å²) in [6, 6.07) is 19.2. The van der Waals surface area contributed by atoms with Crippen LogP contribution in [0.3, 0.4) is 0 Å². The largest absolute Gasteiger partial charge is 0.488 e. The lowest BCUT2D eigenvalue weighted by molar-refractivity contribution is -0.122. The van der Waals surface area contributed by atoms with Crippen LogP contribution in [0, 0.1) is 13.8 Å². The normalized spacial score (nSPS) is 15.1. The van der Waals surface area contributed by atoms with Gasteiger partial charge in [-0.15, -0.1) is 0 Å². The van der Waals surface area contributed by atoms with Crippen LogP contribution in [0.25, 0.3) is 6.08 Å². The van der Waals surface area contributed by atoms with Crippen molar-refractivity contribution in [2.75, 3.05) is 4.90 Å². The molecule has 1 N–H and O–H groups in total. The molecule has 4 rings (SSSR count). The Morgan fingerprint density at radius 1 is 0.939 bits per heavy atom. The van der Waals surface area contributed by atoms with Crippen molar-refractivity contribution in [1.82, 2.24) is 5.32 Å². The third kappa shape index (κ3) is 5.04. The maximum Gasteiger partial charge on any atom is 0.335 e. The zero-order valence-electron chi connectivity index (χ0n) is 18.1. The zero-order valence-corrected chi connectivity index (χ0v) is 19.7. The van der Waals surface area contributed by atoms with E-state index in [4.69, 9.17) is 4.74 Å². The molecule has 6 nitrogen and oxygen atoms in total. The predicted molar refractivity (Wildman–Crippen MR) is 130 cm³/mol. The fourth-order valence-corrected chi connectivity index (χ4v) is 4.08. The number of ether oxygens (including phenoxy) is 1. The summed E-state index contributed by atoms with van der Waals surface area (Å²) in [5.41, 5.74) is 4.05. The molecule has 0 unspecified atom stereocenters. The van der Waals surface area contributed by atoms with Gasteiger partial charge in [0.15, 0.2) is 0 Å². The monoisotopic (exact) mass is 504 g/mol. The van der Waals surface area contributed by atoms with Crippen LogP contribution >= 0.6 is 15.9 Å². The van der Waals surface area contributed by atoms with E-state index in [0.29, 0.717) is 23.6 Å². The minimum Gasteiger partial charge on any atom is -0.488 e. The molecule has 0 bridgehead atoms. The highest BCUT2D eigenvalue weighted by molar-refractivity contribution is 9.10. The van der Waals surface area contributed by atoms with Gasteiger partial charge in [0.05, 0.1) is 5.69 Å². The van der Waals surface area contributed by atoms with Crippen LogP contribution in [0.5, 0.6) is 5.75 Å². The third-order valence-electron chi connectivity index (χ3n) is 5.06. The number of para-hydroxylation sites is 1. The van der Waals surface area contributed by atoms with Gasteiger partial charge in [-0.1, -0.05) is 63.5 Å². The highest BCUT2D eigenvalue weighted by Gasteiger charge is 2.36. The Morgan fingerprint density at radius 3 is 2.33 bits per heavy atom. The highest BCUT2D eigenvalue weighted by atomic mass is 79.9. The Morgan fingerprint density at radius 2 is 1.64 bits per heavy atom. The number of barbiturate groups is 1. The van der Waals surface area contributed by atoms with Crippen molar-refractivity contribution in [1.29, 1.82) is 0 Å². The number of amides is 4. The van der Waals surface area contributed by atoms with E-state index >= 15 is 0 Å². The van der Waals surface area contributed by atoms with Crippen LogP contribution in [-0.2, 0) is 16.2 Å². The molecule has 0 saturated carbocycles. The molecule has 0 atom stereocenters. The standard InChI is InChI=1S/C26H21BrN2O4/c1-16-10-17(2)12-18(11-16)15-33-23-9-8-20(27)13-19(23)14-22-24(30)28-26(32)29(25(22)31)21-6-4-3-5-7-21/h3-14H,15H2,1-2H3,(H,28,30,32)/b22-14+. The van der Waals surface area contributed by atoms with Crippen molar-refractivity contribution in [2.24, 2.45) is 0 Å². The Hall–Kier alpha value is -3.71. The fraction of sp³-hybridized carbons (Fsp3) is 0.115. The molecule has 0 aromatic heterocycles. The topological polar surface area (TPSA) is 75.7 Å². The molecule has 7 heteroatoms. The summed E-state index contributed by atoms with van der Waals surface area (Å²) in [4.78, 5) is 39.0. The smallest absolute Gasteiger partial charge is 0.335 e. The minimum atomic E-state index is -0.783. The van der Waals surface area contributed by atoms with Gasteiger partial charge in [0.25, 0.3) is 11.8 Å². The number of rotatable bonds is 5. The first-order chi connectivity index (χ1) is 15.8. The number of imide groups is 2. The SMILES string of the molecule is Cc1cc(C)cc(COc2ccc(Br)cc2/C=C2\C(=O)NC(=O)N(c3ccccc3)C2=O)c1. The molecular weight excluding hydrogens is 484 g/mol. The number of hydrogen-bond donors (Lipinski definition) is 1. The van der Waals surface area contributed by atoms with Gasteiger partial charge in [0.1, 0.15) is 17.9 Å². The summed E-state index contributed by atoms with van der Waals surface area (Å²) in [7, 11) is 0. The average Bonchev–Trinajstić information content (AvgIpc) is 2.76. The Balaban J connectivity index is 1.67. The fourth-order valence-electron chi connectivity index (χ4n) is 3.70. The molecule has 0 spiro atoms. The van der Waals surface area contributed by atoms with Crippen molar-refractivity contribution < 1.29 is 19.1 Å². The van der Waals surface area contributed by atoms with Gasteiger partial charge in [-0.2, -0.15) is 0 Å². The van der Waals surface area contributed by atoms with Crippen LogP contribution < -0.4 is 15.0 Å². The quantitative estimate of drug-likeness (QED) is 0.377. The zero-order chi connectivity index (χ0) is 23.5. The van der Waals surface area contributed by atoms with Crippen molar-refractivity contribution >= 4 is 45.5 Å². The maximum absolute atomic E-state index is 13.1. The maximum atomic E-state index is 13.1. The van der Waals surface area contributed by atoms with Crippen molar-refractivity contribution in [3.63, 3.8) is 0 Å². The van der Waals surface area contributed by atoms with Gasteiger partial charge in [-0.3, -0.25) is 14.9 Å². The van der Waals surface area contributed by atoms with Gasteiger partial charge in [0.2, 0.25) is 0 Å². The lowest BCUT2D eigenvalue weighted by Crippen LogP contribution is -2.54. The van der Waals surface area contributed by atoms with Crippen molar-refractivity contribution in [3.8, 4) is 5.75 Å². The van der Waals surface area contributed by atoms with Crippen LogP contribution in [0.4, 0.5) is 10.5 Å². The molecule has 4 amide bonds. The molecule has 33 heavy (non-hydrogen) atoms. The molecule has 0 radical (unpaired) electrons. The van der Waals surface area contributed by atoms with Crippen molar-refractivity contribution in [2.45, 2.75) is 20.5 Å². The number of nitrogens with one attached hydrogen (secondary N) is 1. The number of urea groups is 1. The van der Waals surface area contributed by atoms with E-state index in [1.54, 1.807) is 42.5 Å². The first-order valence-electron chi connectivity index (χ1n) is 10.3. The lowest BCUT2D eigenvalue weighted by Gasteiger charge is -2.26. The lowest BCUT2D eigenvalue weighted by atomic mass is 10.1. The second-order valence-corrected chi connectivity index (χ2v) is 8.68. The summed E-state index contributed by atoms with van der Waals surface area (Å²) in [5, 5.41) is 2.24. The van der Waals surface area contributed by atoms with E-state index in [2.05, 4.69) is 27.3 Å². The van der Waals surface area contributed by atoms with Gasteiger partial charge in [-0.05, 0) is 55.8 Å². The molecule has 0 aliphatic carbocycles. The van der Waals surface area contributed by atoms with E-state index in [-0.39, 0.29) is 5.57 Å². The van der Waals surface area contributed by atoms with Gasteiger partial charge >= 0.3 is 6.03 Å². The number of carbonyl (C=O) groups is 3. The summed E-state index contributed by atoms with van der Waals surface area (Å²) in [6.07, 6.45) is 1.45. The molecule has 166 valence electrons. The number of halogens is 1. The summed E-state index contributed by atoms with van der Waals surface area (Å²) >= 11 is 3.43. The molecule has 1 aliphatic heterocycles. The number of carbonyl (C=O) groups excluding carboxylic acids is 3. The summed E-state index contributed by atoms with van der Waals surface area (Å²) < 4.78 is 6.80. The van der Waals surface area contributed by atoms with Gasteiger partial charge in [-0.25, -0.2) is 9.69 Å². The van der Waals surface area contributed by atoms with E-state index in [9.17, 15) is 14.4 Å². The Kier molecular flexibility index (Phi) is 6.42. The minimum absolute atomic E-state index is 0.159. The predicted octanol–water partition coefficient (Wildman–Crippen LogP) is 5.31. The molecule has 1 aliphatic rings. The average molecular weight is 505 g/mol. The number of hydrogen-bond acceptors (Lipinski definition) is 4. The molecule has 1 heterocycles. The number of nitrogens with zero attached hydrogens (tertiary/aromatic N) is 1. The second-order valence-electron chi connectivity index (χ2n) is 7.76. The first kappa shape index (κ1) is 22.5. The molecule has 3 aromatic carbocycles. The molecule has 1 fully saturated rings. The Bertz CT molecular complexity index is 1260. The van der Waals surface area contributed by atoms with E-state index < -0.39 is 17.8 Å². The van der Waals surface area contributed by atoms with E-state index in [1.807, 2.05) is 32.0 Å². The van der Waals surface area contributed by atoms with E-state index in [0.717, 1.165) is 26.1 Å². The molecular formula is C26H21BrN2O4. The highest BCUT2D eigenvalue weighted by Crippen LogP contribution is 2.29. The molecule has 1 saturated heterocycles. The van der Waals surface area contributed by atoms with Gasteiger partial charge < -0.3 is 4.74 Å². The number of aryl methyl sites for hydroxylation is 2. The first-order valence-corrected chi connectivity index (χ1v) is 11.1. The van der Waals surface area contributed by atoms with Crippen LogP contribution in [0.15, 0.2) is 76.8 Å². The van der Waals surface area contributed by atoms with Crippen molar-refractivity contribution in [3.05, 3.63) is 99.0 Å². The van der Waals surface area contributed by atoms with Crippen LogP contribution in [0.1, 0.15) is 22.3 Å². The van der Waals surface area contributed by atoms with E-state index in [1.165, 1.54) is 6.08 Å². The summed E-state index contributed by atoms with van der Waals surface area (Å²) in [6.45, 7) is 4.38.